The van der Waals surface area contributed by atoms with Crippen molar-refractivity contribution in [3.63, 3.8) is 0 Å². The van der Waals surface area contributed by atoms with Gasteiger partial charge in [-0.05, 0) is 200 Å². The van der Waals surface area contributed by atoms with E-state index in [-0.39, 0.29) is 16.6 Å². The number of rotatable bonds is 6. The minimum Gasteiger partial charge on any atom is -0.389 e. The van der Waals surface area contributed by atoms with Gasteiger partial charge in [0, 0.05) is 51.4 Å². The zero-order valence-corrected chi connectivity index (χ0v) is 42.3. The molecule has 0 aromatic heterocycles. The second kappa shape index (κ2) is 29.9. The summed E-state index contributed by atoms with van der Waals surface area (Å²) < 4.78 is 0. The van der Waals surface area contributed by atoms with Gasteiger partial charge in [0.15, 0.2) is 0 Å². The van der Waals surface area contributed by atoms with Gasteiger partial charge < -0.3 is 37.0 Å². The molecule has 7 N–H and O–H groups in total. The number of nitrogens with one attached hydrogen (secondary N) is 4. The van der Waals surface area contributed by atoms with Gasteiger partial charge in [0.05, 0.1) is 5.60 Å². The number of hydrogen-bond acceptors (Lipinski definition) is 8. The van der Waals surface area contributed by atoms with Crippen molar-refractivity contribution in [3.8, 4) is 0 Å². The molecule has 8 heteroatoms. The van der Waals surface area contributed by atoms with E-state index in [4.69, 9.17) is 5.73 Å². The van der Waals surface area contributed by atoms with Gasteiger partial charge in [-0.25, -0.2) is 0 Å². The summed E-state index contributed by atoms with van der Waals surface area (Å²) in [6.07, 6.45) is 0. The molecule has 0 aliphatic heterocycles. The maximum atomic E-state index is 9.32. The van der Waals surface area contributed by atoms with E-state index < -0.39 is 5.60 Å². The minimum atomic E-state index is -0.604. The van der Waals surface area contributed by atoms with E-state index in [2.05, 4.69) is 204 Å². The van der Waals surface area contributed by atoms with Crippen LogP contribution in [-0.2, 0) is 0 Å². The summed E-state index contributed by atoms with van der Waals surface area (Å²) in [5.41, 5.74) is 6.40. The van der Waals surface area contributed by atoms with Crippen molar-refractivity contribution in [2.24, 2.45) is 5.73 Å². The molecule has 0 radical (unpaired) electrons. The van der Waals surface area contributed by atoms with E-state index >= 15 is 0 Å². The summed E-state index contributed by atoms with van der Waals surface area (Å²) in [6.45, 7) is 63.3. The van der Waals surface area contributed by atoms with Crippen LogP contribution in [0.1, 0.15) is 194 Å². The molecule has 0 atom stereocenters. The van der Waals surface area contributed by atoms with Crippen LogP contribution in [0.3, 0.4) is 0 Å². The van der Waals surface area contributed by atoms with Crippen LogP contribution in [-0.4, -0.2) is 113 Å². The van der Waals surface area contributed by atoms with Crippen molar-refractivity contribution in [1.82, 2.24) is 31.1 Å². The predicted octanol–water partition coefficient (Wildman–Crippen LogP) is 9.54. The molecule has 0 unspecified atom stereocenters. The van der Waals surface area contributed by atoms with Gasteiger partial charge in [-0.2, -0.15) is 0 Å². The second-order valence-electron chi connectivity index (χ2n) is 22.0. The highest BCUT2D eigenvalue weighted by atomic mass is 16.3. The molecule has 0 aromatic rings. The summed E-state index contributed by atoms with van der Waals surface area (Å²) in [5.74, 6) is 0. The van der Waals surface area contributed by atoms with Gasteiger partial charge in [-0.3, -0.25) is 4.90 Å². The van der Waals surface area contributed by atoms with Gasteiger partial charge in [-0.15, -0.1) is 0 Å². The van der Waals surface area contributed by atoms with Gasteiger partial charge in [0.1, 0.15) is 0 Å². The Morgan fingerprint density at radius 2 is 0.808 bits per heavy atom. The maximum Gasteiger partial charge on any atom is 0.0715 e. The lowest BCUT2D eigenvalue weighted by atomic mass is 10.1. The lowest BCUT2D eigenvalue weighted by Crippen LogP contribution is -2.44. The lowest BCUT2D eigenvalue weighted by molar-refractivity contribution is 0.0724. The van der Waals surface area contributed by atoms with E-state index in [0.29, 0.717) is 34.7 Å². The number of nitrogens with zero attached hydrogens (tertiary/aromatic N) is 2. The zero-order chi connectivity index (χ0) is 44.4. The smallest absolute Gasteiger partial charge is 0.0715 e. The van der Waals surface area contributed by atoms with Gasteiger partial charge in [0.2, 0.25) is 0 Å². The molecule has 0 saturated heterocycles. The summed E-state index contributed by atoms with van der Waals surface area (Å²) >= 11 is 0. The molecular formula is C44H109N7O. The summed E-state index contributed by atoms with van der Waals surface area (Å²) in [4.78, 5) is 4.62. The summed E-state index contributed by atoms with van der Waals surface area (Å²) in [5, 5.41) is 22.3. The van der Waals surface area contributed by atoms with Crippen LogP contribution in [0.15, 0.2) is 0 Å². The van der Waals surface area contributed by atoms with Crippen LogP contribution in [0.2, 0.25) is 0 Å². The Morgan fingerprint density at radius 3 is 0.827 bits per heavy atom. The molecule has 326 valence electrons. The molecule has 0 amide bonds. The minimum absolute atomic E-state index is 0. The highest BCUT2D eigenvalue weighted by Crippen LogP contribution is 2.11. The average molecular weight is 752 g/mol. The predicted molar refractivity (Wildman–Crippen MR) is 244 cm³/mol. The quantitative estimate of drug-likeness (QED) is 0.160. The summed E-state index contributed by atoms with van der Waals surface area (Å²) in [7, 11) is 6.12. The van der Waals surface area contributed by atoms with E-state index in [0.717, 1.165) is 19.6 Å². The van der Waals surface area contributed by atoms with E-state index in [1.807, 2.05) is 27.8 Å². The van der Waals surface area contributed by atoms with E-state index in [9.17, 15) is 5.11 Å². The van der Waals surface area contributed by atoms with Crippen LogP contribution in [0, 0.1) is 0 Å². The zero-order valence-electron chi connectivity index (χ0n) is 42.3. The standard InChI is InChI=1S/C8H19NO.C8H19N.C7H17N.2C6H15N.C5H13N.C4H11N/c1-7(2,3)9-6-8(4,5)10;1-6-9(7-2)8(3,4)5;1-6(2)8-7(3,4)5;1-6(2,3)7(4)5;1-5-7-6(2,3)4;1-5(2,3)6-4;1-4(2,3)5/h9-10H,6H2,1-5H3;6-7H2,1-5H3;6,8H,1-5H3;1-5H3;7H,5H2,1-4H3;6H,1-4H3;5H2,1-3H3. The first-order valence-corrected chi connectivity index (χ1v) is 20.1. The lowest BCUT2D eigenvalue weighted by Gasteiger charge is -2.33. The first kappa shape index (κ1) is 66.5. The third kappa shape index (κ3) is 97.9. The number of nitrogens with two attached hydrogens (primary N) is 1. The fourth-order valence-corrected chi connectivity index (χ4v) is 3.05. The number of hydrogen-bond donors (Lipinski definition) is 6. The first-order valence-electron chi connectivity index (χ1n) is 20.1. The second-order valence-corrected chi connectivity index (χ2v) is 22.0. The fourth-order valence-electron chi connectivity index (χ4n) is 3.05. The number of aliphatic hydroxyl groups is 1. The third-order valence-corrected chi connectivity index (χ3v) is 6.28. The molecule has 0 aromatic carbocycles. The Hall–Kier alpha value is -0.320. The van der Waals surface area contributed by atoms with Gasteiger partial charge in [-0.1, -0.05) is 34.6 Å². The average Bonchev–Trinajstić information content (AvgIpc) is 2.79. The monoisotopic (exact) mass is 752 g/mol. The molecule has 0 aliphatic rings. The molecule has 0 saturated carbocycles. The Balaban J connectivity index is -0.0000000918. The van der Waals surface area contributed by atoms with Crippen LogP contribution in [0.25, 0.3) is 0 Å². The SMILES string of the molecule is CC(C)(C)N.CC(C)(O)CNC(C)(C)C.CC(C)NC(C)(C)C.CCN(CC)C(C)(C)C.CCNC(C)(C)C.CN(C)C(C)(C)C.CNC(C)(C)C. The molecule has 0 spiro atoms. The topological polar surface area (TPSA) is 101 Å². The van der Waals surface area contributed by atoms with Crippen molar-refractivity contribution >= 4 is 0 Å². The van der Waals surface area contributed by atoms with E-state index in [1.54, 1.807) is 13.8 Å². The van der Waals surface area contributed by atoms with Crippen molar-refractivity contribution in [1.29, 1.82) is 0 Å². The molecule has 0 rings (SSSR count). The van der Waals surface area contributed by atoms with Crippen molar-refractivity contribution in [3.05, 3.63) is 0 Å². The van der Waals surface area contributed by atoms with Gasteiger partial charge >= 0.3 is 0 Å². The molecule has 0 fully saturated rings. The highest BCUT2D eigenvalue weighted by Gasteiger charge is 2.17. The maximum absolute atomic E-state index is 9.32. The van der Waals surface area contributed by atoms with Crippen LogP contribution >= 0.6 is 0 Å². The largest absolute Gasteiger partial charge is 0.389 e. The van der Waals surface area contributed by atoms with Crippen molar-refractivity contribution < 1.29 is 5.11 Å². The molecule has 8 nitrogen and oxygen atoms in total. The normalized spacial score (nSPS) is 12.7. The highest BCUT2D eigenvalue weighted by molar-refractivity contribution is 4.77. The van der Waals surface area contributed by atoms with Crippen LogP contribution in [0.5, 0.6) is 0 Å². The van der Waals surface area contributed by atoms with Crippen molar-refractivity contribution in [2.45, 2.75) is 244 Å². The molecule has 0 aliphatic carbocycles. The summed E-state index contributed by atoms with van der Waals surface area (Å²) in [6, 6.07) is 0.593. The third-order valence-electron chi connectivity index (χ3n) is 6.28. The fraction of sp³-hybridized carbons (Fsp3) is 1.00. The van der Waals surface area contributed by atoms with Crippen LogP contribution in [0.4, 0.5) is 0 Å². The van der Waals surface area contributed by atoms with Crippen molar-refractivity contribution in [2.75, 3.05) is 47.3 Å². The molecule has 0 heterocycles. The van der Waals surface area contributed by atoms with E-state index in [1.165, 1.54) is 0 Å². The Morgan fingerprint density at radius 1 is 0.538 bits per heavy atom. The Bertz CT molecular complexity index is 715. The number of β-amino-alcohol motifs (C(OH)–C–C–N with tert-alkyl or cyclic N) is 1. The first-order chi connectivity index (χ1) is 22.2. The van der Waals surface area contributed by atoms with Crippen LogP contribution < -0.4 is 27.0 Å². The molecule has 52 heavy (non-hydrogen) atoms. The Kier molecular flexibility index (Phi) is 38.2. The molecular weight excluding hydrogens is 643 g/mol. The Labute approximate surface area is 332 Å². The molecule has 0 bridgehead atoms. The van der Waals surface area contributed by atoms with Gasteiger partial charge in [0.25, 0.3) is 0 Å².